The number of methoxy groups -OCH3 is 2. The molecule has 1 fully saturated rings. The molecule has 0 N–H and O–H groups in total. The van der Waals surface area contributed by atoms with Crippen molar-refractivity contribution in [3.05, 3.63) is 74.3 Å². The summed E-state index contributed by atoms with van der Waals surface area (Å²) in [6.07, 6.45) is 2.13. The Balaban J connectivity index is 1.51. The smallest absolute Gasteiger partial charge is 0.337 e. The van der Waals surface area contributed by atoms with Crippen LogP contribution in [0.5, 0.6) is 11.5 Å². The van der Waals surface area contributed by atoms with Gasteiger partial charge in [0, 0.05) is 13.1 Å². The van der Waals surface area contributed by atoms with Gasteiger partial charge >= 0.3 is 5.69 Å². The molecular formula is C28H28N6O5S. The van der Waals surface area contributed by atoms with Crippen molar-refractivity contribution in [3.8, 4) is 28.6 Å². The molecule has 1 aliphatic rings. The molecule has 40 heavy (non-hydrogen) atoms. The first-order chi connectivity index (χ1) is 19.4. The topological polar surface area (TPSA) is 118 Å². The fourth-order valence-corrected chi connectivity index (χ4v) is 6.08. The maximum Gasteiger partial charge on any atom is 0.337 e. The van der Waals surface area contributed by atoms with Gasteiger partial charge in [-0.1, -0.05) is 34.7 Å². The number of ether oxygens (including phenoxy) is 2. The molecule has 11 nitrogen and oxygen atoms in total. The maximum atomic E-state index is 14.0. The van der Waals surface area contributed by atoms with Crippen molar-refractivity contribution in [2.24, 2.45) is 0 Å². The first-order valence-electron chi connectivity index (χ1n) is 12.9. The summed E-state index contributed by atoms with van der Waals surface area (Å²) in [7, 11) is 3.09. The van der Waals surface area contributed by atoms with E-state index in [1.807, 2.05) is 26.0 Å². The fraction of sp³-hybridized carbons (Fsp3) is 0.321. The van der Waals surface area contributed by atoms with Gasteiger partial charge in [0.25, 0.3) is 5.56 Å². The summed E-state index contributed by atoms with van der Waals surface area (Å²) < 4.78 is 19.6. The lowest BCUT2D eigenvalue weighted by Gasteiger charge is -2.13. The average molecular weight is 561 g/mol. The van der Waals surface area contributed by atoms with Crippen LogP contribution in [0.15, 0.2) is 50.5 Å². The molecule has 0 saturated carbocycles. The molecule has 1 saturated heterocycles. The van der Waals surface area contributed by atoms with Gasteiger partial charge in [-0.2, -0.15) is 4.98 Å². The molecule has 0 radical (unpaired) electrons. The molecule has 0 aliphatic carbocycles. The number of aryl methyl sites for hydroxylation is 1. The Bertz CT molecular complexity index is 1850. The maximum absolute atomic E-state index is 14.0. The number of hydrogen-bond donors (Lipinski definition) is 0. The number of benzene rings is 2. The van der Waals surface area contributed by atoms with E-state index in [1.165, 1.54) is 27.6 Å². The highest BCUT2D eigenvalue weighted by molar-refractivity contribution is 7.22. The molecule has 2 aromatic carbocycles. The lowest BCUT2D eigenvalue weighted by molar-refractivity contribution is 0.354. The molecule has 5 aromatic rings. The summed E-state index contributed by atoms with van der Waals surface area (Å²) >= 11 is 1.31. The van der Waals surface area contributed by atoms with Gasteiger partial charge in [-0.3, -0.25) is 9.36 Å². The molecule has 1 aliphatic heterocycles. The Kier molecular flexibility index (Phi) is 6.62. The third-order valence-corrected chi connectivity index (χ3v) is 8.37. The molecule has 206 valence electrons. The van der Waals surface area contributed by atoms with Gasteiger partial charge in [-0.15, -0.1) is 0 Å². The number of anilines is 1. The van der Waals surface area contributed by atoms with Crippen LogP contribution in [-0.4, -0.2) is 51.6 Å². The minimum atomic E-state index is -0.525. The lowest BCUT2D eigenvalue weighted by atomic mass is 10.1. The van der Waals surface area contributed by atoms with Crippen molar-refractivity contribution < 1.29 is 14.0 Å². The van der Waals surface area contributed by atoms with Crippen LogP contribution in [0.2, 0.25) is 0 Å². The third-order valence-electron chi connectivity index (χ3n) is 7.27. The van der Waals surface area contributed by atoms with Crippen molar-refractivity contribution in [1.29, 1.82) is 0 Å². The summed E-state index contributed by atoms with van der Waals surface area (Å²) in [6.45, 7) is 5.52. The molecule has 0 atom stereocenters. The molecule has 0 amide bonds. The van der Waals surface area contributed by atoms with Crippen LogP contribution in [0.3, 0.4) is 0 Å². The summed E-state index contributed by atoms with van der Waals surface area (Å²) in [6, 6.07) is 10.9. The number of hydrogen-bond acceptors (Lipinski definition) is 10. The van der Waals surface area contributed by atoms with E-state index < -0.39 is 5.69 Å². The Hall–Kier alpha value is -4.45. The predicted octanol–water partition coefficient (Wildman–Crippen LogP) is 3.94. The zero-order valence-electron chi connectivity index (χ0n) is 22.6. The van der Waals surface area contributed by atoms with Crippen LogP contribution < -0.4 is 25.6 Å². The van der Waals surface area contributed by atoms with E-state index in [0.29, 0.717) is 33.1 Å². The van der Waals surface area contributed by atoms with E-state index in [-0.39, 0.29) is 23.8 Å². The zero-order valence-corrected chi connectivity index (χ0v) is 23.4. The van der Waals surface area contributed by atoms with Crippen molar-refractivity contribution >= 4 is 26.8 Å². The van der Waals surface area contributed by atoms with Gasteiger partial charge in [-0.25, -0.2) is 14.3 Å². The van der Waals surface area contributed by atoms with Gasteiger partial charge in [0.2, 0.25) is 11.7 Å². The molecule has 6 rings (SSSR count). The van der Waals surface area contributed by atoms with Gasteiger partial charge in [0.1, 0.15) is 11.2 Å². The monoisotopic (exact) mass is 560 g/mol. The van der Waals surface area contributed by atoms with Crippen molar-refractivity contribution in [2.75, 3.05) is 32.2 Å². The normalized spacial score (nSPS) is 13.3. The van der Waals surface area contributed by atoms with E-state index >= 15 is 0 Å². The molecule has 0 spiro atoms. The number of fused-ring (bicyclic) bond motifs is 1. The lowest BCUT2D eigenvalue weighted by Crippen LogP contribution is -2.39. The molecule has 12 heteroatoms. The fourth-order valence-electron chi connectivity index (χ4n) is 5.03. The standard InChI is InChI=1S/C28H28N6O5S/c1-16-9-7-11-19(17(16)2)34-26(35)23-25(30-27(40-23)32-13-5-6-14-32)33(28(34)36)15-21-29-24(31-39-21)18-10-8-12-20(37-3)22(18)38-4/h7-12H,5-6,13-15H2,1-4H3. The second-order valence-corrected chi connectivity index (χ2v) is 10.6. The van der Waals surface area contributed by atoms with E-state index in [4.69, 9.17) is 19.0 Å². The number of nitrogens with zero attached hydrogens (tertiary/aromatic N) is 6. The number of rotatable bonds is 7. The zero-order chi connectivity index (χ0) is 28.0. The third kappa shape index (κ3) is 4.24. The van der Waals surface area contributed by atoms with E-state index in [0.717, 1.165) is 42.2 Å². The quantitative estimate of drug-likeness (QED) is 0.292. The molecular weight excluding hydrogens is 532 g/mol. The van der Waals surface area contributed by atoms with E-state index in [9.17, 15) is 9.59 Å². The van der Waals surface area contributed by atoms with Gasteiger partial charge in [0.05, 0.1) is 25.5 Å². The Labute approximate surface area is 233 Å². The van der Waals surface area contributed by atoms with Crippen molar-refractivity contribution in [1.82, 2.24) is 24.3 Å². The van der Waals surface area contributed by atoms with Crippen LogP contribution in [-0.2, 0) is 6.54 Å². The number of aromatic nitrogens is 5. The van der Waals surface area contributed by atoms with Crippen LogP contribution in [0.1, 0.15) is 29.9 Å². The minimum Gasteiger partial charge on any atom is -0.493 e. The van der Waals surface area contributed by atoms with Gasteiger partial charge in [-0.05, 0) is 56.0 Å². The van der Waals surface area contributed by atoms with Crippen LogP contribution in [0.4, 0.5) is 5.13 Å². The Morgan fingerprint density at radius 3 is 2.52 bits per heavy atom. The number of thiazole rings is 1. The van der Waals surface area contributed by atoms with Crippen LogP contribution in [0.25, 0.3) is 27.4 Å². The average Bonchev–Trinajstić information content (AvgIpc) is 3.74. The second kappa shape index (κ2) is 10.3. The Morgan fingerprint density at radius 2 is 1.77 bits per heavy atom. The largest absolute Gasteiger partial charge is 0.493 e. The summed E-state index contributed by atoms with van der Waals surface area (Å²) in [4.78, 5) is 39.3. The molecule has 4 heterocycles. The SMILES string of the molecule is COc1cccc(-c2noc(Cn3c(=O)n(-c4cccc(C)c4C)c(=O)c4sc(N5CCCC5)nc43)n2)c1OC. The first-order valence-corrected chi connectivity index (χ1v) is 13.7. The van der Waals surface area contributed by atoms with Crippen LogP contribution >= 0.6 is 11.3 Å². The predicted molar refractivity (Wildman–Crippen MR) is 152 cm³/mol. The highest BCUT2D eigenvalue weighted by Gasteiger charge is 2.25. The molecule has 3 aromatic heterocycles. The van der Waals surface area contributed by atoms with Gasteiger partial charge in [0.15, 0.2) is 22.3 Å². The van der Waals surface area contributed by atoms with Crippen LogP contribution in [0, 0.1) is 13.8 Å². The van der Waals surface area contributed by atoms with E-state index in [2.05, 4.69) is 15.0 Å². The summed E-state index contributed by atoms with van der Waals surface area (Å²) in [5.74, 6) is 1.47. The van der Waals surface area contributed by atoms with E-state index in [1.54, 1.807) is 31.4 Å². The summed E-state index contributed by atoms with van der Waals surface area (Å²) in [5.41, 5.74) is 2.34. The minimum absolute atomic E-state index is 0.0665. The van der Waals surface area contributed by atoms with Gasteiger partial charge < -0.3 is 18.9 Å². The van der Waals surface area contributed by atoms with Crippen molar-refractivity contribution in [2.45, 2.75) is 33.2 Å². The second-order valence-electron chi connectivity index (χ2n) is 9.62. The van der Waals surface area contributed by atoms with Crippen molar-refractivity contribution in [3.63, 3.8) is 0 Å². The molecule has 0 bridgehead atoms. The Morgan fingerprint density at radius 1 is 1.00 bits per heavy atom. The highest BCUT2D eigenvalue weighted by atomic mass is 32.1. The summed E-state index contributed by atoms with van der Waals surface area (Å²) in [5, 5.41) is 4.86. The highest BCUT2D eigenvalue weighted by Crippen LogP contribution is 2.36. The first kappa shape index (κ1) is 25.8. The number of para-hydroxylation sites is 1. The molecule has 0 unspecified atom stereocenters.